The SMILES string of the molecule is CCCCCCCCCCCCSC1(CCCC)CCCCC1. The first-order valence-electron chi connectivity index (χ1n) is 11.0. The minimum Gasteiger partial charge on any atom is -0.155 e. The lowest BCUT2D eigenvalue weighted by Gasteiger charge is -2.37. The maximum Gasteiger partial charge on any atom is 0.0160 e. The molecule has 138 valence electrons. The Bertz CT molecular complexity index is 242. The first-order chi connectivity index (χ1) is 11.3. The first-order valence-corrected chi connectivity index (χ1v) is 12.0. The van der Waals surface area contributed by atoms with Crippen LogP contribution in [0.5, 0.6) is 0 Å². The van der Waals surface area contributed by atoms with Crippen LogP contribution in [0.2, 0.25) is 0 Å². The molecule has 0 spiro atoms. The van der Waals surface area contributed by atoms with Crippen LogP contribution < -0.4 is 0 Å². The number of hydrogen-bond acceptors (Lipinski definition) is 1. The zero-order valence-electron chi connectivity index (χ0n) is 16.3. The topological polar surface area (TPSA) is 0 Å². The predicted octanol–water partition coefficient (Wildman–Crippen LogP) is 8.53. The molecule has 1 aliphatic rings. The lowest BCUT2D eigenvalue weighted by Crippen LogP contribution is -2.28. The minimum atomic E-state index is 0.688. The summed E-state index contributed by atoms with van der Waals surface area (Å²) in [6.07, 6.45) is 26.4. The summed E-state index contributed by atoms with van der Waals surface area (Å²) in [7, 11) is 0. The van der Waals surface area contributed by atoms with E-state index < -0.39 is 0 Å². The highest BCUT2D eigenvalue weighted by molar-refractivity contribution is 8.00. The zero-order valence-corrected chi connectivity index (χ0v) is 17.2. The van der Waals surface area contributed by atoms with E-state index in [4.69, 9.17) is 0 Å². The highest BCUT2D eigenvalue weighted by Crippen LogP contribution is 2.44. The van der Waals surface area contributed by atoms with Crippen LogP contribution in [0.15, 0.2) is 0 Å². The Morgan fingerprint density at radius 3 is 1.70 bits per heavy atom. The van der Waals surface area contributed by atoms with Crippen LogP contribution in [-0.4, -0.2) is 10.5 Å². The second-order valence-electron chi connectivity index (χ2n) is 7.88. The van der Waals surface area contributed by atoms with Gasteiger partial charge in [-0.15, -0.1) is 0 Å². The van der Waals surface area contributed by atoms with Crippen molar-refractivity contribution in [1.82, 2.24) is 0 Å². The van der Waals surface area contributed by atoms with Gasteiger partial charge in [-0.05, 0) is 31.4 Å². The summed E-state index contributed by atoms with van der Waals surface area (Å²) in [4.78, 5) is 0. The van der Waals surface area contributed by atoms with Crippen molar-refractivity contribution in [3.8, 4) is 0 Å². The van der Waals surface area contributed by atoms with Crippen molar-refractivity contribution in [1.29, 1.82) is 0 Å². The highest BCUT2D eigenvalue weighted by atomic mass is 32.2. The largest absolute Gasteiger partial charge is 0.155 e. The summed E-state index contributed by atoms with van der Waals surface area (Å²) < 4.78 is 0.688. The average molecular weight is 341 g/mol. The molecule has 1 heteroatoms. The van der Waals surface area contributed by atoms with Gasteiger partial charge in [0.1, 0.15) is 0 Å². The van der Waals surface area contributed by atoms with Gasteiger partial charge in [0.05, 0.1) is 0 Å². The van der Waals surface area contributed by atoms with Gasteiger partial charge in [-0.1, -0.05) is 104 Å². The molecule has 1 fully saturated rings. The van der Waals surface area contributed by atoms with Gasteiger partial charge in [0, 0.05) is 4.75 Å². The van der Waals surface area contributed by atoms with E-state index in [0.717, 1.165) is 0 Å². The van der Waals surface area contributed by atoms with Crippen LogP contribution in [-0.2, 0) is 0 Å². The smallest absolute Gasteiger partial charge is 0.0160 e. The van der Waals surface area contributed by atoms with Crippen LogP contribution in [0.1, 0.15) is 129 Å². The van der Waals surface area contributed by atoms with Crippen molar-refractivity contribution >= 4 is 11.8 Å². The molecule has 0 aromatic rings. The fraction of sp³-hybridized carbons (Fsp3) is 1.00. The van der Waals surface area contributed by atoms with Gasteiger partial charge in [0.15, 0.2) is 0 Å². The minimum absolute atomic E-state index is 0.688. The molecule has 1 saturated carbocycles. The third kappa shape index (κ3) is 10.7. The van der Waals surface area contributed by atoms with Gasteiger partial charge in [-0.25, -0.2) is 0 Å². The van der Waals surface area contributed by atoms with Crippen molar-refractivity contribution in [3.05, 3.63) is 0 Å². The molecule has 23 heavy (non-hydrogen) atoms. The number of thioether (sulfide) groups is 1. The van der Waals surface area contributed by atoms with Gasteiger partial charge < -0.3 is 0 Å². The Kier molecular flexibility index (Phi) is 13.6. The molecule has 0 amide bonds. The average Bonchev–Trinajstić information content (AvgIpc) is 2.59. The third-order valence-corrected chi connectivity index (χ3v) is 7.37. The monoisotopic (exact) mass is 340 g/mol. The van der Waals surface area contributed by atoms with E-state index in [1.54, 1.807) is 0 Å². The Morgan fingerprint density at radius 1 is 0.609 bits per heavy atom. The maximum absolute atomic E-state index is 2.36. The maximum atomic E-state index is 2.36. The number of rotatable bonds is 15. The normalized spacial score (nSPS) is 17.5. The van der Waals surface area contributed by atoms with E-state index in [1.165, 1.54) is 121 Å². The summed E-state index contributed by atoms with van der Waals surface area (Å²) in [6, 6.07) is 0. The molecular weight excluding hydrogens is 296 g/mol. The van der Waals surface area contributed by atoms with Crippen LogP contribution in [0, 0.1) is 0 Å². The zero-order chi connectivity index (χ0) is 16.6. The summed E-state index contributed by atoms with van der Waals surface area (Å²) in [5.74, 6) is 1.43. The van der Waals surface area contributed by atoms with Crippen molar-refractivity contribution in [2.75, 3.05) is 5.75 Å². The summed E-state index contributed by atoms with van der Waals surface area (Å²) in [5.41, 5.74) is 0. The third-order valence-electron chi connectivity index (χ3n) is 5.66. The molecule has 0 aromatic carbocycles. The van der Waals surface area contributed by atoms with Crippen LogP contribution >= 0.6 is 11.8 Å². The van der Waals surface area contributed by atoms with E-state index in [9.17, 15) is 0 Å². The fourth-order valence-electron chi connectivity index (χ4n) is 4.04. The Hall–Kier alpha value is 0.350. The predicted molar refractivity (Wildman–Crippen MR) is 110 cm³/mol. The number of unbranched alkanes of at least 4 members (excludes halogenated alkanes) is 10. The second-order valence-corrected chi connectivity index (χ2v) is 9.44. The molecule has 1 rings (SSSR count). The molecule has 0 radical (unpaired) electrons. The van der Waals surface area contributed by atoms with Crippen molar-refractivity contribution in [2.45, 2.75) is 134 Å². The number of hydrogen-bond donors (Lipinski definition) is 0. The molecule has 0 unspecified atom stereocenters. The second kappa shape index (κ2) is 14.7. The van der Waals surface area contributed by atoms with Crippen LogP contribution in [0.25, 0.3) is 0 Å². The summed E-state index contributed by atoms with van der Waals surface area (Å²) in [5, 5.41) is 0. The van der Waals surface area contributed by atoms with Gasteiger partial charge in [0.2, 0.25) is 0 Å². The quantitative estimate of drug-likeness (QED) is 0.269. The van der Waals surface area contributed by atoms with Crippen LogP contribution in [0.4, 0.5) is 0 Å². The van der Waals surface area contributed by atoms with Gasteiger partial charge in [-0.2, -0.15) is 11.8 Å². The van der Waals surface area contributed by atoms with Gasteiger partial charge >= 0.3 is 0 Å². The summed E-state index contributed by atoms with van der Waals surface area (Å²) in [6.45, 7) is 4.65. The van der Waals surface area contributed by atoms with E-state index in [-0.39, 0.29) is 0 Å². The Labute approximate surface area is 152 Å². The Balaban J connectivity index is 1.97. The molecule has 0 bridgehead atoms. The lowest BCUT2D eigenvalue weighted by molar-refractivity contribution is 0.369. The molecule has 0 N–H and O–H groups in total. The first kappa shape index (κ1) is 21.4. The molecular formula is C22H44S. The van der Waals surface area contributed by atoms with E-state index >= 15 is 0 Å². The molecule has 1 aliphatic carbocycles. The Morgan fingerprint density at radius 2 is 1.13 bits per heavy atom. The summed E-state index contributed by atoms with van der Waals surface area (Å²) >= 11 is 2.36. The van der Waals surface area contributed by atoms with E-state index in [1.807, 2.05) is 0 Å². The molecule has 0 atom stereocenters. The fourth-order valence-corrected chi connectivity index (χ4v) is 5.69. The van der Waals surface area contributed by atoms with E-state index in [2.05, 4.69) is 25.6 Å². The van der Waals surface area contributed by atoms with Crippen LogP contribution in [0.3, 0.4) is 0 Å². The highest BCUT2D eigenvalue weighted by Gasteiger charge is 2.31. The van der Waals surface area contributed by atoms with Gasteiger partial charge in [0.25, 0.3) is 0 Å². The van der Waals surface area contributed by atoms with Gasteiger partial charge in [-0.3, -0.25) is 0 Å². The molecule has 0 aromatic heterocycles. The molecule has 0 aliphatic heterocycles. The standard InChI is InChI=1S/C22H44S/c1-3-5-7-8-9-10-11-12-13-17-21-23-22(18-6-4-2)19-15-14-16-20-22/h3-21H2,1-2H3. The van der Waals surface area contributed by atoms with E-state index in [0.29, 0.717) is 4.75 Å². The van der Waals surface area contributed by atoms with Crippen molar-refractivity contribution in [2.24, 2.45) is 0 Å². The molecule has 0 heterocycles. The van der Waals surface area contributed by atoms with Crippen molar-refractivity contribution < 1.29 is 0 Å². The van der Waals surface area contributed by atoms with Crippen molar-refractivity contribution in [3.63, 3.8) is 0 Å². The molecule has 0 saturated heterocycles. The lowest BCUT2D eigenvalue weighted by atomic mass is 9.85. The molecule has 0 nitrogen and oxygen atoms in total.